The summed E-state index contributed by atoms with van der Waals surface area (Å²) in [6, 6.07) is 2.74. The van der Waals surface area contributed by atoms with E-state index in [2.05, 4.69) is 30.7 Å². The molecule has 2 unspecified atom stereocenters. The monoisotopic (exact) mass is 225 g/mol. The number of thiophene rings is 1. The maximum Gasteiger partial charge on any atom is 0.0513 e. The maximum absolute atomic E-state index is 5.48. The molecule has 0 saturated carbocycles. The van der Waals surface area contributed by atoms with E-state index in [-0.39, 0.29) is 0 Å². The van der Waals surface area contributed by atoms with Gasteiger partial charge >= 0.3 is 0 Å². The molecule has 1 aromatic heterocycles. The van der Waals surface area contributed by atoms with E-state index in [1.165, 1.54) is 16.9 Å². The molecule has 1 N–H and O–H groups in total. The maximum atomic E-state index is 5.48. The number of aryl methyl sites for hydroxylation is 1. The summed E-state index contributed by atoms with van der Waals surface area (Å²) in [6.07, 6.45) is 2.32. The molecule has 3 heteroatoms. The van der Waals surface area contributed by atoms with Crippen LogP contribution in [0.3, 0.4) is 0 Å². The van der Waals surface area contributed by atoms with Crippen LogP contribution in [0, 0.1) is 5.92 Å². The normalized spacial score (nSPS) is 23.2. The average Bonchev–Trinajstić information content (AvgIpc) is 2.89. The number of ether oxygens (including phenoxy) is 1. The number of nitrogens with one attached hydrogen (secondary N) is 1. The molecule has 0 bridgehead atoms. The van der Waals surface area contributed by atoms with Crippen molar-refractivity contribution in [2.75, 3.05) is 20.3 Å². The van der Waals surface area contributed by atoms with Gasteiger partial charge in [-0.15, -0.1) is 11.3 Å². The molecule has 0 amide bonds. The van der Waals surface area contributed by atoms with Gasteiger partial charge in [0.25, 0.3) is 0 Å². The Hall–Kier alpha value is -0.380. The number of hydrogen-bond donors (Lipinski definition) is 1. The fraction of sp³-hybridized carbons (Fsp3) is 0.667. The highest BCUT2D eigenvalue weighted by Gasteiger charge is 2.27. The second kappa shape index (κ2) is 5.10. The van der Waals surface area contributed by atoms with Crippen molar-refractivity contribution in [1.29, 1.82) is 0 Å². The van der Waals surface area contributed by atoms with Gasteiger partial charge in [0.1, 0.15) is 0 Å². The smallest absolute Gasteiger partial charge is 0.0513 e. The van der Waals surface area contributed by atoms with Crippen LogP contribution < -0.4 is 5.32 Å². The predicted molar refractivity (Wildman–Crippen MR) is 64.4 cm³/mol. The van der Waals surface area contributed by atoms with Crippen molar-refractivity contribution >= 4 is 11.3 Å². The van der Waals surface area contributed by atoms with Gasteiger partial charge in [0, 0.05) is 23.4 Å². The molecule has 1 saturated heterocycles. The first-order chi connectivity index (χ1) is 7.36. The van der Waals surface area contributed by atoms with Crippen molar-refractivity contribution in [1.82, 2.24) is 5.32 Å². The van der Waals surface area contributed by atoms with E-state index in [0.29, 0.717) is 12.0 Å². The Morgan fingerprint density at radius 2 is 2.53 bits per heavy atom. The second-order valence-corrected chi connectivity index (χ2v) is 5.00. The highest BCUT2D eigenvalue weighted by Crippen LogP contribution is 2.33. The summed E-state index contributed by atoms with van der Waals surface area (Å²) >= 11 is 1.88. The summed E-state index contributed by atoms with van der Waals surface area (Å²) in [4.78, 5) is 1.51. The van der Waals surface area contributed by atoms with Crippen LogP contribution in [0.5, 0.6) is 0 Å². The highest BCUT2D eigenvalue weighted by molar-refractivity contribution is 7.10. The van der Waals surface area contributed by atoms with Crippen molar-refractivity contribution < 1.29 is 4.74 Å². The van der Waals surface area contributed by atoms with Crippen LogP contribution in [0.2, 0.25) is 0 Å². The standard InChI is InChI=1S/C12H19NOS/c1-3-9-5-7-15-12(9)11(13-2)10-4-6-14-8-10/h5,7,10-11,13H,3-4,6,8H2,1-2H3. The van der Waals surface area contributed by atoms with Crippen LogP contribution in [-0.4, -0.2) is 20.3 Å². The molecule has 1 aliphatic heterocycles. The van der Waals surface area contributed by atoms with Crippen molar-refractivity contribution in [2.24, 2.45) is 5.92 Å². The summed E-state index contributed by atoms with van der Waals surface area (Å²) in [6.45, 7) is 4.06. The van der Waals surface area contributed by atoms with Gasteiger partial charge in [-0.3, -0.25) is 0 Å². The van der Waals surface area contributed by atoms with Gasteiger partial charge in [0.15, 0.2) is 0 Å². The molecule has 1 aromatic rings. The van der Waals surface area contributed by atoms with Crippen LogP contribution in [0.4, 0.5) is 0 Å². The first-order valence-electron chi connectivity index (χ1n) is 5.68. The Balaban J connectivity index is 2.17. The SMILES string of the molecule is CCc1ccsc1C(NC)C1CCOC1. The zero-order chi connectivity index (χ0) is 10.7. The quantitative estimate of drug-likeness (QED) is 0.850. The third kappa shape index (κ3) is 2.25. The van der Waals surface area contributed by atoms with Crippen LogP contribution in [0.25, 0.3) is 0 Å². The lowest BCUT2D eigenvalue weighted by atomic mass is 9.95. The third-order valence-electron chi connectivity index (χ3n) is 3.19. The third-order valence-corrected chi connectivity index (χ3v) is 4.23. The van der Waals surface area contributed by atoms with E-state index >= 15 is 0 Å². The average molecular weight is 225 g/mol. The lowest BCUT2D eigenvalue weighted by Crippen LogP contribution is -2.25. The van der Waals surface area contributed by atoms with Gasteiger partial charge in [-0.2, -0.15) is 0 Å². The molecular weight excluding hydrogens is 206 g/mol. The molecule has 2 atom stereocenters. The Bertz CT molecular complexity index is 304. The zero-order valence-corrected chi connectivity index (χ0v) is 10.3. The molecule has 2 nitrogen and oxygen atoms in total. The van der Waals surface area contributed by atoms with Crippen molar-refractivity contribution in [3.8, 4) is 0 Å². The minimum absolute atomic E-state index is 0.488. The first kappa shape index (κ1) is 11.1. The Kier molecular flexibility index (Phi) is 3.78. The molecule has 15 heavy (non-hydrogen) atoms. The molecule has 0 spiro atoms. The van der Waals surface area contributed by atoms with Crippen LogP contribution in [-0.2, 0) is 11.2 Å². The summed E-state index contributed by atoms with van der Waals surface area (Å²) in [5.41, 5.74) is 1.49. The van der Waals surface area contributed by atoms with Gasteiger partial charge in [-0.25, -0.2) is 0 Å². The molecule has 2 heterocycles. The van der Waals surface area contributed by atoms with E-state index in [9.17, 15) is 0 Å². The minimum Gasteiger partial charge on any atom is -0.381 e. The molecule has 1 aliphatic rings. The van der Waals surface area contributed by atoms with Crippen LogP contribution in [0.15, 0.2) is 11.4 Å². The largest absolute Gasteiger partial charge is 0.381 e. The Morgan fingerprint density at radius 1 is 1.67 bits per heavy atom. The fourth-order valence-electron chi connectivity index (χ4n) is 2.31. The predicted octanol–water partition coefficient (Wildman–Crippen LogP) is 2.61. The summed E-state index contributed by atoms with van der Waals surface area (Å²) in [7, 11) is 2.06. The fourth-order valence-corrected chi connectivity index (χ4v) is 3.51. The summed E-state index contributed by atoms with van der Waals surface area (Å²) < 4.78 is 5.48. The summed E-state index contributed by atoms with van der Waals surface area (Å²) in [5, 5.41) is 5.65. The molecule has 1 fully saturated rings. The van der Waals surface area contributed by atoms with Crippen molar-refractivity contribution in [3.63, 3.8) is 0 Å². The van der Waals surface area contributed by atoms with Gasteiger partial charge in [-0.05, 0) is 36.9 Å². The molecule has 0 aromatic carbocycles. The molecule has 2 rings (SSSR count). The van der Waals surface area contributed by atoms with Crippen molar-refractivity contribution in [3.05, 3.63) is 21.9 Å². The number of rotatable bonds is 4. The van der Waals surface area contributed by atoms with Crippen LogP contribution >= 0.6 is 11.3 Å². The Morgan fingerprint density at radius 3 is 3.13 bits per heavy atom. The lowest BCUT2D eigenvalue weighted by Gasteiger charge is -2.22. The van der Waals surface area contributed by atoms with Gasteiger partial charge in [0.05, 0.1) is 6.61 Å². The number of hydrogen-bond acceptors (Lipinski definition) is 3. The minimum atomic E-state index is 0.488. The van der Waals surface area contributed by atoms with Crippen molar-refractivity contribution in [2.45, 2.75) is 25.8 Å². The van der Waals surface area contributed by atoms with Gasteiger partial charge in [-0.1, -0.05) is 6.92 Å². The van der Waals surface area contributed by atoms with E-state index in [1.807, 2.05) is 11.3 Å². The van der Waals surface area contributed by atoms with E-state index in [4.69, 9.17) is 4.74 Å². The second-order valence-electron chi connectivity index (χ2n) is 4.05. The van der Waals surface area contributed by atoms with E-state index in [0.717, 1.165) is 19.6 Å². The first-order valence-corrected chi connectivity index (χ1v) is 6.56. The van der Waals surface area contributed by atoms with Gasteiger partial charge in [0.2, 0.25) is 0 Å². The van der Waals surface area contributed by atoms with Gasteiger partial charge < -0.3 is 10.1 Å². The molecule has 0 aliphatic carbocycles. The highest BCUT2D eigenvalue weighted by atomic mass is 32.1. The lowest BCUT2D eigenvalue weighted by molar-refractivity contribution is 0.178. The zero-order valence-electron chi connectivity index (χ0n) is 9.45. The Labute approximate surface area is 95.6 Å². The van der Waals surface area contributed by atoms with Crippen LogP contribution in [0.1, 0.15) is 29.8 Å². The summed E-state index contributed by atoms with van der Waals surface area (Å²) in [5.74, 6) is 0.652. The van der Waals surface area contributed by atoms with E-state index < -0.39 is 0 Å². The topological polar surface area (TPSA) is 21.3 Å². The molecule has 0 radical (unpaired) electrons. The molecular formula is C12H19NOS. The van der Waals surface area contributed by atoms with E-state index in [1.54, 1.807) is 0 Å². The molecule has 84 valence electrons.